The summed E-state index contributed by atoms with van der Waals surface area (Å²) < 4.78 is 6.18. The lowest BCUT2D eigenvalue weighted by Crippen LogP contribution is -1.93. The molecule has 1 heteroatoms. The molecule has 9 aromatic rings. The van der Waals surface area contributed by atoms with Gasteiger partial charge in [-0.3, -0.25) is 0 Å². The fourth-order valence-electron chi connectivity index (χ4n) is 7.01. The van der Waals surface area contributed by atoms with Gasteiger partial charge < -0.3 is 4.42 Å². The van der Waals surface area contributed by atoms with Gasteiger partial charge in [0.05, 0.1) is 0 Å². The second-order valence-electron chi connectivity index (χ2n) is 11.2. The van der Waals surface area contributed by atoms with Crippen LogP contribution in [0.5, 0.6) is 0 Å². The van der Waals surface area contributed by atoms with Crippen molar-refractivity contribution in [3.8, 4) is 33.4 Å². The monoisotopic (exact) mass is 546 g/mol. The molecule has 0 saturated heterocycles. The molecule has 0 aliphatic carbocycles. The highest BCUT2D eigenvalue weighted by molar-refractivity contribution is 6.23. The van der Waals surface area contributed by atoms with Crippen molar-refractivity contribution in [3.63, 3.8) is 0 Å². The minimum absolute atomic E-state index is 0.916. The number of rotatable bonds is 3. The highest BCUT2D eigenvalue weighted by atomic mass is 16.3. The van der Waals surface area contributed by atoms with E-state index in [-0.39, 0.29) is 0 Å². The van der Waals surface area contributed by atoms with Gasteiger partial charge in [-0.1, -0.05) is 140 Å². The molecule has 0 spiro atoms. The summed E-state index contributed by atoms with van der Waals surface area (Å²) in [5.74, 6) is 0. The van der Waals surface area contributed by atoms with Gasteiger partial charge in [-0.15, -0.1) is 0 Å². The second-order valence-corrected chi connectivity index (χ2v) is 11.2. The first-order chi connectivity index (χ1) is 21.3. The van der Waals surface area contributed by atoms with Crippen molar-refractivity contribution in [1.29, 1.82) is 0 Å². The standard InChI is InChI=1S/C42H26O/c1-2-14-29-27(12-1)13-11-22-30(29)31-15-3-4-17-33(31)42-36-20-7-5-18-34(36)41(35-19-6-8-21-37(35)42)28-24-25-40-38(26-28)32-16-9-10-23-39(32)43-40/h1-26H. The maximum atomic E-state index is 6.18. The number of para-hydroxylation sites is 1. The van der Waals surface area contributed by atoms with Gasteiger partial charge in [0.15, 0.2) is 0 Å². The Hall–Kier alpha value is -5.66. The van der Waals surface area contributed by atoms with Crippen LogP contribution >= 0.6 is 0 Å². The van der Waals surface area contributed by atoms with Gasteiger partial charge in [-0.05, 0) is 83.9 Å². The van der Waals surface area contributed by atoms with E-state index in [1.165, 1.54) is 65.7 Å². The molecule has 200 valence electrons. The zero-order valence-electron chi connectivity index (χ0n) is 23.4. The Kier molecular flexibility index (Phi) is 5.27. The van der Waals surface area contributed by atoms with Gasteiger partial charge >= 0.3 is 0 Å². The quantitative estimate of drug-likeness (QED) is 0.201. The minimum Gasteiger partial charge on any atom is -0.456 e. The zero-order valence-corrected chi connectivity index (χ0v) is 23.4. The van der Waals surface area contributed by atoms with E-state index in [2.05, 4.69) is 146 Å². The molecular formula is C42H26O. The summed E-state index contributed by atoms with van der Waals surface area (Å²) in [6.07, 6.45) is 0. The molecule has 0 radical (unpaired) electrons. The Bertz CT molecular complexity index is 2450. The summed E-state index contributed by atoms with van der Waals surface area (Å²) in [6, 6.07) is 56.9. The fourth-order valence-corrected chi connectivity index (χ4v) is 7.01. The van der Waals surface area contributed by atoms with Crippen LogP contribution in [-0.2, 0) is 0 Å². The third-order valence-corrected chi connectivity index (χ3v) is 8.87. The molecule has 43 heavy (non-hydrogen) atoms. The SMILES string of the molecule is c1ccc(-c2c3ccccc3c(-c3ccc4oc5ccccc5c4c3)c3ccccc23)c(-c2cccc3ccccc23)c1. The van der Waals surface area contributed by atoms with E-state index in [9.17, 15) is 0 Å². The molecule has 9 rings (SSSR count). The van der Waals surface area contributed by atoms with Gasteiger partial charge in [0.2, 0.25) is 0 Å². The summed E-state index contributed by atoms with van der Waals surface area (Å²) in [7, 11) is 0. The van der Waals surface area contributed by atoms with Crippen LogP contribution in [0.1, 0.15) is 0 Å². The smallest absolute Gasteiger partial charge is 0.135 e. The van der Waals surface area contributed by atoms with Gasteiger partial charge in [-0.25, -0.2) is 0 Å². The van der Waals surface area contributed by atoms with Gasteiger partial charge in [0.1, 0.15) is 11.2 Å². The molecule has 1 heterocycles. The maximum Gasteiger partial charge on any atom is 0.135 e. The summed E-state index contributed by atoms with van der Waals surface area (Å²) in [6.45, 7) is 0. The molecule has 0 aliphatic rings. The molecular weight excluding hydrogens is 520 g/mol. The molecule has 0 fully saturated rings. The van der Waals surface area contributed by atoms with Crippen LogP contribution in [0.4, 0.5) is 0 Å². The topological polar surface area (TPSA) is 13.1 Å². The van der Waals surface area contributed by atoms with E-state index >= 15 is 0 Å². The van der Waals surface area contributed by atoms with Crippen molar-refractivity contribution >= 4 is 54.3 Å². The van der Waals surface area contributed by atoms with Crippen molar-refractivity contribution in [3.05, 3.63) is 158 Å². The third kappa shape index (κ3) is 3.65. The molecule has 0 N–H and O–H groups in total. The molecule has 0 unspecified atom stereocenters. The summed E-state index contributed by atoms with van der Waals surface area (Å²) in [5, 5.41) is 9.81. The first-order valence-electron chi connectivity index (χ1n) is 14.8. The molecule has 0 saturated carbocycles. The first kappa shape index (κ1) is 24.0. The Morgan fingerprint density at radius 1 is 0.302 bits per heavy atom. The molecule has 0 atom stereocenters. The van der Waals surface area contributed by atoms with Crippen molar-refractivity contribution in [2.45, 2.75) is 0 Å². The molecule has 8 aromatic carbocycles. The predicted octanol–water partition coefficient (Wildman–Crippen LogP) is 12.0. The number of hydrogen-bond donors (Lipinski definition) is 0. The second kappa shape index (κ2) is 9.44. The summed E-state index contributed by atoms with van der Waals surface area (Å²) in [4.78, 5) is 0. The van der Waals surface area contributed by atoms with Crippen molar-refractivity contribution < 1.29 is 4.42 Å². The van der Waals surface area contributed by atoms with Crippen LogP contribution in [0, 0.1) is 0 Å². The Balaban J connectivity index is 1.38. The molecule has 1 aromatic heterocycles. The number of furan rings is 1. The van der Waals surface area contributed by atoms with E-state index in [0.29, 0.717) is 0 Å². The van der Waals surface area contributed by atoms with E-state index in [4.69, 9.17) is 4.42 Å². The molecule has 0 bridgehead atoms. The number of fused-ring (bicyclic) bond motifs is 6. The average Bonchev–Trinajstić information content (AvgIpc) is 3.45. The Labute approximate surface area is 249 Å². The van der Waals surface area contributed by atoms with E-state index in [0.717, 1.165) is 21.9 Å². The van der Waals surface area contributed by atoms with Crippen molar-refractivity contribution in [1.82, 2.24) is 0 Å². The third-order valence-electron chi connectivity index (χ3n) is 8.87. The lowest BCUT2D eigenvalue weighted by molar-refractivity contribution is 0.669. The number of benzene rings is 8. The van der Waals surface area contributed by atoms with Crippen LogP contribution in [0.3, 0.4) is 0 Å². The van der Waals surface area contributed by atoms with Crippen molar-refractivity contribution in [2.24, 2.45) is 0 Å². The van der Waals surface area contributed by atoms with Gasteiger partial charge in [0, 0.05) is 10.8 Å². The highest BCUT2D eigenvalue weighted by Crippen LogP contribution is 2.47. The van der Waals surface area contributed by atoms with E-state index in [1.54, 1.807) is 0 Å². The molecule has 1 nitrogen and oxygen atoms in total. The fraction of sp³-hybridized carbons (Fsp3) is 0. The van der Waals surface area contributed by atoms with Crippen LogP contribution < -0.4 is 0 Å². The van der Waals surface area contributed by atoms with Crippen LogP contribution in [0.15, 0.2) is 162 Å². The number of hydrogen-bond acceptors (Lipinski definition) is 1. The predicted molar refractivity (Wildman–Crippen MR) is 183 cm³/mol. The lowest BCUT2D eigenvalue weighted by Gasteiger charge is -2.20. The van der Waals surface area contributed by atoms with Gasteiger partial charge in [-0.2, -0.15) is 0 Å². The van der Waals surface area contributed by atoms with Gasteiger partial charge in [0.25, 0.3) is 0 Å². The highest BCUT2D eigenvalue weighted by Gasteiger charge is 2.20. The zero-order chi connectivity index (χ0) is 28.3. The summed E-state index contributed by atoms with van der Waals surface area (Å²) in [5.41, 5.74) is 9.30. The first-order valence-corrected chi connectivity index (χ1v) is 14.8. The van der Waals surface area contributed by atoms with E-state index in [1.807, 2.05) is 12.1 Å². The van der Waals surface area contributed by atoms with E-state index < -0.39 is 0 Å². The summed E-state index contributed by atoms with van der Waals surface area (Å²) >= 11 is 0. The van der Waals surface area contributed by atoms with Crippen LogP contribution in [0.2, 0.25) is 0 Å². The normalized spacial score (nSPS) is 11.7. The van der Waals surface area contributed by atoms with Crippen molar-refractivity contribution in [2.75, 3.05) is 0 Å². The lowest BCUT2D eigenvalue weighted by atomic mass is 9.83. The maximum absolute atomic E-state index is 6.18. The van der Waals surface area contributed by atoms with Crippen LogP contribution in [-0.4, -0.2) is 0 Å². The largest absolute Gasteiger partial charge is 0.456 e. The molecule has 0 amide bonds. The average molecular weight is 547 g/mol. The Morgan fingerprint density at radius 3 is 1.56 bits per heavy atom. The Morgan fingerprint density at radius 2 is 0.814 bits per heavy atom. The molecule has 0 aliphatic heterocycles. The minimum atomic E-state index is 0.916. The van der Waals surface area contributed by atoms with Crippen LogP contribution in [0.25, 0.3) is 87.6 Å².